The Bertz CT molecular complexity index is 3580. The monoisotopic (exact) mass is 991 g/mol. The molecular formula is C57H37IrN3O2-2. The van der Waals surface area contributed by atoms with E-state index < -0.39 is 6.85 Å². The number of nitrogens with zero attached hydrogens (tertiary/aromatic N) is 3. The van der Waals surface area contributed by atoms with Crippen LogP contribution in [0.1, 0.15) is 9.68 Å². The van der Waals surface area contributed by atoms with E-state index in [-0.39, 0.29) is 25.7 Å². The predicted octanol–water partition coefficient (Wildman–Crippen LogP) is 15.0. The van der Waals surface area contributed by atoms with Gasteiger partial charge in [-0.25, -0.2) is 0 Å². The number of hydrogen-bond acceptors (Lipinski definition) is 4. The van der Waals surface area contributed by atoms with Crippen LogP contribution in [0.5, 0.6) is 0 Å². The molecular weight excluding hydrogens is 951 g/mol. The zero-order valence-corrected chi connectivity index (χ0v) is 36.0. The van der Waals surface area contributed by atoms with E-state index in [1.54, 1.807) is 18.2 Å². The van der Waals surface area contributed by atoms with Crippen LogP contribution < -0.4 is 0 Å². The number of rotatable bonds is 6. The van der Waals surface area contributed by atoms with Crippen molar-refractivity contribution >= 4 is 43.9 Å². The summed E-state index contributed by atoms with van der Waals surface area (Å²) < 4.78 is 36.2. The third-order valence-corrected chi connectivity index (χ3v) is 11.2. The summed E-state index contributed by atoms with van der Waals surface area (Å²) in [6.07, 6.45) is 4.67. The van der Waals surface area contributed by atoms with Crippen molar-refractivity contribution in [2.45, 2.75) is 6.85 Å². The summed E-state index contributed by atoms with van der Waals surface area (Å²) in [6, 6.07) is 70.6. The zero-order chi connectivity index (χ0) is 43.9. The number of benzene rings is 8. The first kappa shape index (κ1) is 36.1. The summed E-state index contributed by atoms with van der Waals surface area (Å²) in [4.78, 5) is 9.41. The Labute approximate surface area is 382 Å². The smallest absolute Gasteiger partial charge is 0.135 e. The molecule has 6 heteroatoms. The van der Waals surface area contributed by atoms with Gasteiger partial charge in [-0.1, -0.05) is 157 Å². The summed E-state index contributed by atoms with van der Waals surface area (Å²) in [7, 11) is 0. The summed E-state index contributed by atoms with van der Waals surface area (Å²) in [6.45, 7) is -2.09. The van der Waals surface area contributed by atoms with E-state index in [4.69, 9.17) is 17.9 Å². The van der Waals surface area contributed by atoms with E-state index in [1.165, 1.54) is 6.20 Å². The molecule has 0 aliphatic rings. The van der Waals surface area contributed by atoms with Gasteiger partial charge in [0.2, 0.25) is 0 Å². The van der Waals surface area contributed by atoms with E-state index >= 15 is 0 Å². The van der Waals surface area contributed by atoms with Gasteiger partial charge in [-0.05, 0) is 70.7 Å². The maximum atomic E-state index is 7.23. The fraction of sp³-hybridized carbons (Fsp3) is 0.0175. The second kappa shape index (κ2) is 17.0. The molecule has 0 amide bonds. The molecule has 0 bridgehead atoms. The molecule has 0 aliphatic heterocycles. The van der Waals surface area contributed by atoms with Crippen LogP contribution in [-0.4, -0.2) is 14.5 Å². The van der Waals surface area contributed by atoms with Crippen LogP contribution >= 0.6 is 0 Å². The Kier molecular flexibility index (Phi) is 9.75. The molecule has 0 atom stereocenters. The number of fused-ring (bicyclic) bond motifs is 5. The van der Waals surface area contributed by atoms with E-state index in [0.29, 0.717) is 0 Å². The van der Waals surface area contributed by atoms with Gasteiger partial charge in [-0.15, -0.1) is 35.9 Å². The molecule has 8 aromatic carbocycles. The molecule has 12 rings (SSSR count). The molecule has 303 valence electrons. The summed E-state index contributed by atoms with van der Waals surface area (Å²) >= 11 is 0. The largest absolute Gasteiger partial charge is 0.557 e. The van der Waals surface area contributed by atoms with E-state index in [9.17, 15) is 0 Å². The van der Waals surface area contributed by atoms with Crippen molar-refractivity contribution in [3.63, 3.8) is 0 Å². The maximum absolute atomic E-state index is 7.23. The minimum Gasteiger partial charge on any atom is -0.557 e. The zero-order valence-electron chi connectivity index (χ0n) is 36.6. The van der Waals surface area contributed by atoms with Gasteiger partial charge in [0.1, 0.15) is 11.2 Å². The Morgan fingerprint density at radius 2 is 1.22 bits per heavy atom. The average molecular weight is 991 g/mol. The fourth-order valence-electron chi connectivity index (χ4n) is 8.24. The van der Waals surface area contributed by atoms with E-state index in [2.05, 4.69) is 161 Å². The van der Waals surface area contributed by atoms with Crippen LogP contribution in [0.4, 0.5) is 0 Å². The molecule has 0 unspecified atom stereocenters. The molecule has 0 N–H and O–H groups in total. The molecule has 0 aliphatic carbocycles. The van der Waals surface area contributed by atoms with Crippen molar-refractivity contribution in [3.05, 3.63) is 224 Å². The quantitative estimate of drug-likeness (QED) is 0.156. The summed E-state index contributed by atoms with van der Waals surface area (Å²) in [5.74, 6) is 0.772. The maximum Gasteiger partial charge on any atom is 0.135 e. The first-order chi connectivity index (χ1) is 31.9. The normalized spacial score (nSPS) is 12.0. The van der Waals surface area contributed by atoms with Gasteiger partial charge in [-0.2, -0.15) is 0 Å². The van der Waals surface area contributed by atoms with Crippen molar-refractivity contribution in [2.24, 2.45) is 0 Å². The molecule has 0 fully saturated rings. The number of hydrogen-bond donors (Lipinski definition) is 0. The van der Waals surface area contributed by atoms with Crippen LogP contribution in [0.2, 0.25) is 0 Å². The first-order valence-corrected chi connectivity index (χ1v) is 20.4. The SMILES string of the molecule is [2H]C([2H])([2H])c1ccc(-c2[c-]cccc2)nc1.[Ir].[c-]1oc2ccc(-c3ccc4oc5ccccc5c4c3)cc2c1-c1nc2ccccc2n1-c1c(-c2ccccc2)cccc1-c1ccccc1. The Balaban J connectivity index is 0.000000256. The molecule has 4 aromatic heterocycles. The number of para-hydroxylation sites is 4. The average Bonchev–Trinajstić information content (AvgIpc) is 4.07. The minimum atomic E-state index is -2.09. The fourth-order valence-corrected chi connectivity index (χ4v) is 8.24. The molecule has 5 nitrogen and oxygen atoms in total. The van der Waals surface area contributed by atoms with Crippen molar-refractivity contribution in [1.29, 1.82) is 0 Å². The van der Waals surface area contributed by atoms with E-state index in [0.717, 1.165) is 106 Å². The van der Waals surface area contributed by atoms with Gasteiger partial charge < -0.3 is 18.4 Å². The number of furan rings is 2. The number of aromatic nitrogens is 3. The van der Waals surface area contributed by atoms with Crippen LogP contribution in [-0.2, 0) is 20.1 Å². The molecule has 12 aromatic rings. The van der Waals surface area contributed by atoms with Gasteiger partial charge in [0.05, 0.1) is 22.5 Å². The third kappa shape index (κ3) is 7.46. The Morgan fingerprint density at radius 1 is 0.556 bits per heavy atom. The number of pyridine rings is 1. The second-order valence-electron chi connectivity index (χ2n) is 15.0. The first-order valence-electron chi connectivity index (χ1n) is 21.9. The third-order valence-electron chi connectivity index (χ3n) is 11.2. The van der Waals surface area contributed by atoms with Crippen LogP contribution in [0, 0.1) is 19.2 Å². The number of aryl methyl sites for hydroxylation is 1. The van der Waals surface area contributed by atoms with Gasteiger partial charge in [0, 0.05) is 64.2 Å². The molecule has 63 heavy (non-hydrogen) atoms. The van der Waals surface area contributed by atoms with Crippen molar-refractivity contribution in [1.82, 2.24) is 14.5 Å². The van der Waals surface area contributed by atoms with Crippen LogP contribution in [0.3, 0.4) is 0 Å². The van der Waals surface area contributed by atoms with Gasteiger partial charge in [0.15, 0.2) is 0 Å². The number of imidazole rings is 1. The van der Waals surface area contributed by atoms with Crippen LogP contribution in [0.15, 0.2) is 215 Å². The van der Waals surface area contributed by atoms with E-state index in [1.807, 2.05) is 42.5 Å². The molecule has 1 radical (unpaired) electrons. The van der Waals surface area contributed by atoms with Gasteiger partial charge in [0.25, 0.3) is 0 Å². The van der Waals surface area contributed by atoms with Gasteiger partial charge in [-0.3, -0.25) is 4.98 Å². The molecule has 0 spiro atoms. The standard InChI is InChI=1S/C45H27N2O2.C12H10N.Ir/c1-3-12-29(13-4-1)33-17-11-18-34(30-14-5-2-6-15-30)44(33)47-40-20-9-8-19-39(40)46-45(47)38-28-48-41-24-22-31(27-37(38)41)32-23-25-43-36(26-32)35-16-7-10-21-42(35)49-43;1-10-7-8-12(13-9-10)11-5-3-2-4-6-11;/h1-27H;2-5,7-9H,1H3;/q2*-1;/i;1D3;. The minimum absolute atomic E-state index is 0. The molecule has 0 saturated heterocycles. The van der Waals surface area contributed by atoms with Crippen LogP contribution in [0.25, 0.3) is 106 Å². The van der Waals surface area contributed by atoms with Gasteiger partial charge >= 0.3 is 0 Å². The van der Waals surface area contributed by atoms with Crippen molar-refractivity contribution in [3.8, 4) is 61.7 Å². The Morgan fingerprint density at radius 3 is 1.94 bits per heavy atom. The Hall–Kier alpha value is -7.63. The second-order valence-corrected chi connectivity index (χ2v) is 15.0. The topological polar surface area (TPSA) is 57.0 Å². The summed E-state index contributed by atoms with van der Waals surface area (Å²) in [5.41, 5.74) is 14.8. The molecule has 0 saturated carbocycles. The molecule has 4 heterocycles. The summed E-state index contributed by atoms with van der Waals surface area (Å²) in [5, 5.41) is 3.15. The predicted molar refractivity (Wildman–Crippen MR) is 252 cm³/mol. The van der Waals surface area contributed by atoms with Crippen molar-refractivity contribution in [2.75, 3.05) is 0 Å². The van der Waals surface area contributed by atoms with Crippen molar-refractivity contribution < 1.29 is 33.1 Å².